The molecule has 1 aliphatic heterocycles. The van der Waals surface area contributed by atoms with Gasteiger partial charge in [-0.25, -0.2) is 9.50 Å². The summed E-state index contributed by atoms with van der Waals surface area (Å²) >= 11 is 0. The van der Waals surface area contributed by atoms with Crippen molar-refractivity contribution in [3.8, 4) is 28.3 Å². The molecule has 0 amide bonds. The Balaban J connectivity index is 0.00000130. The highest BCUT2D eigenvalue weighted by Crippen LogP contribution is 2.39. The Hall–Kier alpha value is -3.12. The summed E-state index contributed by atoms with van der Waals surface area (Å²) in [7, 11) is 1.90. The molecule has 1 saturated carbocycles. The molecule has 2 aliphatic rings. The summed E-state index contributed by atoms with van der Waals surface area (Å²) in [5.74, 6) is 1.00. The number of aromatic nitrogens is 5. The van der Waals surface area contributed by atoms with Crippen LogP contribution in [0.4, 0.5) is 5.82 Å². The van der Waals surface area contributed by atoms with Gasteiger partial charge in [-0.3, -0.25) is 4.68 Å². The van der Waals surface area contributed by atoms with Gasteiger partial charge in [0.15, 0.2) is 0 Å². The fourth-order valence-electron chi connectivity index (χ4n) is 4.52. The third-order valence-electron chi connectivity index (χ3n) is 6.38. The maximum Gasteiger partial charge on any atom is 0.128 e. The van der Waals surface area contributed by atoms with Gasteiger partial charge in [0, 0.05) is 73.1 Å². The first kappa shape index (κ1) is 23.1. The molecule has 1 saturated heterocycles. The van der Waals surface area contributed by atoms with E-state index in [1.54, 1.807) is 15.4 Å². The van der Waals surface area contributed by atoms with Crippen LogP contribution < -0.4 is 10.2 Å². The number of nitrogens with zero attached hydrogens (tertiary/aromatic N) is 7. The largest absolute Gasteiger partial charge is 0.353 e. The van der Waals surface area contributed by atoms with Crippen LogP contribution in [0.25, 0.3) is 27.8 Å². The number of pyridine rings is 2. The van der Waals surface area contributed by atoms with Crippen LogP contribution in [0.3, 0.4) is 0 Å². The summed E-state index contributed by atoms with van der Waals surface area (Å²) in [6, 6.07) is 8.55. The summed E-state index contributed by atoms with van der Waals surface area (Å²) in [6.45, 7) is 2.98. The van der Waals surface area contributed by atoms with Gasteiger partial charge in [0.2, 0.25) is 0 Å². The highest BCUT2D eigenvalue weighted by molar-refractivity contribution is 5.87. The second-order valence-electron chi connectivity index (χ2n) is 8.54. The number of anilines is 1. The zero-order valence-corrected chi connectivity index (χ0v) is 19.7. The van der Waals surface area contributed by atoms with Crippen molar-refractivity contribution in [2.24, 2.45) is 7.05 Å². The molecule has 0 atom stereocenters. The maximum atomic E-state index is 9.61. The maximum absolute atomic E-state index is 9.61. The number of rotatable bonds is 3. The molecule has 0 aromatic carbocycles. The Morgan fingerprint density at radius 1 is 1.03 bits per heavy atom. The van der Waals surface area contributed by atoms with Crippen LogP contribution in [0.2, 0.25) is 0 Å². The molecule has 0 bridgehead atoms. The molecule has 2 fully saturated rings. The van der Waals surface area contributed by atoms with E-state index in [9.17, 15) is 5.26 Å². The van der Waals surface area contributed by atoms with Crippen molar-refractivity contribution in [2.75, 3.05) is 24.5 Å². The predicted molar refractivity (Wildman–Crippen MR) is 132 cm³/mol. The van der Waals surface area contributed by atoms with Gasteiger partial charge in [0.1, 0.15) is 11.9 Å². The van der Waals surface area contributed by atoms with E-state index in [1.807, 2.05) is 31.8 Å². The highest BCUT2D eigenvalue weighted by Gasteiger charge is 2.45. The molecule has 0 radical (unpaired) electrons. The Bertz CT molecular complexity index is 1330. The Labute approximate surface area is 204 Å². The molecule has 10 heteroatoms. The number of hydrogen-bond donors (Lipinski definition) is 1. The minimum Gasteiger partial charge on any atom is -0.353 e. The Kier molecular flexibility index (Phi) is 6.06. The molecule has 4 aromatic heterocycles. The lowest BCUT2D eigenvalue weighted by atomic mass is 10.0. The van der Waals surface area contributed by atoms with E-state index in [4.69, 9.17) is 4.98 Å². The number of nitrogens with one attached hydrogen (secondary N) is 1. The van der Waals surface area contributed by atoms with Crippen LogP contribution >= 0.6 is 24.8 Å². The third-order valence-corrected chi connectivity index (χ3v) is 6.38. The third kappa shape index (κ3) is 4.04. The van der Waals surface area contributed by atoms with Crippen LogP contribution in [-0.4, -0.2) is 49.6 Å². The van der Waals surface area contributed by atoms with Crippen LogP contribution in [0.1, 0.15) is 18.4 Å². The van der Waals surface area contributed by atoms with Crippen molar-refractivity contribution < 1.29 is 0 Å². The number of fused-ring (bicyclic) bond motifs is 1. The van der Waals surface area contributed by atoms with Crippen molar-refractivity contribution in [2.45, 2.75) is 18.4 Å². The Morgan fingerprint density at radius 3 is 2.55 bits per heavy atom. The smallest absolute Gasteiger partial charge is 0.128 e. The number of halogens is 2. The fraction of sp³-hybridized carbons (Fsp3) is 0.304. The van der Waals surface area contributed by atoms with Crippen molar-refractivity contribution in [1.82, 2.24) is 29.7 Å². The lowest BCUT2D eigenvalue weighted by Gasteiger charge is -2.34. The van der Waals surface area contributed by atoms with E-state index in [1.165, 1.54) is 12.8 Å². The van der Waals surface area contributed by atoms with Gasteiger partial charge in [-0.2, -0.15) is 15.5 Å². The molecule has 170 valence electrons. The van der Waals surface area contributed by atoms with Crippen molar-refractivity contribution >= 4 is 36.1 Å². The summed E-state index contributed by atoms with van der Waals surface area (Å²) in [4.78, 5) is 7.16. The van der Waals surface area contributed by atoms with E-state index < -0.39 is 0 Å². The van der Waals surface area contributed by atoms with E-state index in [0.29, 0.717) is 11.1 Å². The summed E-state index contributed by atoms with van der Waals surface area (Å²) in [5, 5.41) is 22.0. The topological polar surface area (TPSA) is 87.1 Å². The average molecular weight is 483 g/mol. The summed E-state index contributed by atoms with van der Waals surface area (Å²) in [6.07, 6.45) is 11.8. The fourth-order valence-corrected chi connectivity index (χ4v) is 4.52. The first-order chi connectivity index (χ1) is 15.1. The van der Waals surface area contributed by atoms with Gasteiger partial charge < -0.3 is 10.2 Å². The van der Waals surface area contributed by atoms with Gasteiger partial charge >= 0.3 is 0 Å². The van der Waals surface area contributed by atoms with Crippen LogP contribution in [0.15, 0.2) is 49.2 Å². The average Bonchev–Trinajstić information content (AvgIpc) is 3.20. The molecule has 33 heavy (non-hydrogen) atoms. The minimum atomic E-state index is 0. The monoisotopic (exact) mass is 482 g/mol. The number of nitriles is 1. The summed E-state index contributed by atoms with van der Waals surface area (Å²) < 4.78 is 3.55. The predicted octanol–water partition coefficient (Wildman–Crippen LogP) is 3.45. The van der Waals surface area contributed by atoms with Crippen LogP contribution in [-0.2, 0) is 7.05 Å². The van der Waals surface area contributed by atoms with Crippen LogP contribution in [0, 0.1) is 11.3 Å². The molecule has 8 nitrogen and oxygen atoms in total. The Morgan fingerprint density at radius 2 is 1.88 bits per heavy atom. The van der Waals surface area contributed by atoms with E-state index in [-0.39, 0.29) is 24.8 Å². The van der Waals surface area contributed by atoms with E-state index in [2.05, 4.69) is 44.7 Å². The molecular weight excluding hydrogens is 459 g/mol. The van der Waals surface area contributed by atoms with E-state index in [0.717, 1.165) is 53.2 Å². The van der Waals surface area contributed by atoms with E-state index >= 15 is 0 Å². The van der Waals surface area contributed by atoms with Crippen molar-refractivity contribution in [3.05, 3.63) is 54.7 Å². The highest BCUT2D eigenvalue weighted by atomic mass is 35.5. The molecular formula is C23H24Cl2N8. The first-order valence-corrected chi connectivity index (χ1v) is 10.5. The minimum absolute atomic E-state index is 0. The second-order valence-corrected chi connectivity index (χ2v) is 8.54. The van der Waals surface area contributed by atoms with Gasteiger partial charge in [-0.15, -0.1) is 24.8 Å². The quantitative estimate of drug-likeness (QED) is 0.481. The molecule has 1 N–H and O–H groups in total. The molecule has 1 spiro atoms. The summed E-state index contributed by atoms with van der Waals surface area (Å²) in [5.41, 5.74) is 5.55. The second kappa shape index (κ2) is 8.67. The molecule has 5 heterocycles. The lowest BCUT2D eigenvalue weighted by molar-refractivity contribution is 0.440. The molecule has 0 unspecified atom stereocenters. The first-order valence-electron chi connectivity index (χ1n) is 10.5. The SMILES string of the molecule is Cl.Cl.Cn1cc(-c2cc(-c3ccc(N4CCNC5(CC5)C4)nc3)c3c(C#N)cnn3c2)cn1. The number of hydrogen-bond acceptors (Lipinski definition) is 6. The number of aryl methyl sites for hydroxylation is 1. The van der Waals surface area contributed by atoms with Crippen LogP contribution in [0.5, 0.6) is 0 Å². The zero-order chi connectivity index (χ0) is 21.0. The zero-order valence-electron chi connectivity index (χ0n) is 18.1. The van der Waals surface area contributed by atoms with Gasteiger partial charge in [-0.1, -0.05) is 0 Å². The molecule has 6 rings (SSSR count). The lowest BCUT2D eigenvalue weighted by Crippen LogP contribution is -2.52. The van der Waals surface area contributed by atoms with Crippen molar-refractivity contribution in [1.29, 1.82) is 5.26 Å². The molecule has 4 aromatic rings. The normalized spacial score (nSPS) is 16.2. The van der Waals surface area contributed by atoms with Gasteiger partial charge in [0.25, 0.3) is 0 Å². The molecule has 1 aliphatic carbocycles. The van der Waals surface area contributed by atoms with Crippen molar-refractivity contribution in [3.63, 3.8) is 0 Å². The van der Waals surface area contributed by atoms with Gasteiger partial charge in [0.05, 0.1) is 23.5 Å². The standard InChI is InChI=1S/C23H22N8.2ClH/c1-29-13-19(12-27-29)17-8-20(22-18(9-24)11-28-31(22)14-17)16-2-3-21(25-10-16)30-7-6-26-23(15-30)4-5-23;;/h2-3,8,10-14,26H,4-7,15H2,1H3;2*1H. The van der Waals surface area contributed by atoms with Gasteiger partial charge in [-0.05, 0) is 31.0 Å². The number of piperazine rings is 1.